The molecular formula is C18H17BrF3NO2S. The fourth-order valence-electron chi connectivity index (χ4n) is 3.61. The van der Waals surface area contributed by atoms with Crippen LogP contribution in [-0.4, -0.2) is 36.1 Å². The van der Waals surface area contributed by atoms with E-state index in [0.717, 1.165) is 11.1 Å². The highest BCUT2D eigenvalue weighted by Crippen LogP contribution is 2.46. The Morgan fingerprint density at radius 3 is 1.85 bits per heavy atom. The molecule has 3 nitrogen and oxygen atoms in total. The zero-order chi connectivity index (χ0) is 19.0. The van der Waals surface area contributed by atoms with E-state index in [2.05, 4.69) is 15.9 Å². The Balaban J connectivity index is 2.16. The Bertz CT molecular complexity index is 818. The Morgan fingerprint density at radius 1 is 1.00 bits per heavy atom. The van der Waals surface area contributed by atoms with Crippen molar-refractivity contribution in [3.05, 3.63) is 71.8 Å². The molecular weight excluding hydrogens is 431 g/mol. The molecule has 0 aliphatic carbocycles. The van der Waals surface area contributed by atoms with Gasteiger partial charge in [-0.1, -0.05) is 76.6 Å². The third-order valence-corrected chi connectivity index (χ3v) is 7.23. The first-order valence-corrected chi connectivity index (χ1v) is 10.5. The van der Waals surface area contributed by atoms with Gasteiger partial charge in [-0.15, -0.1) is 0 Å². The van der Waals surface area contributed by atoms with Gasteiger partial charge in [-0.05, 0) is 17.5 Å². The lowest BCUT2D eigenvalue weighted by Gasteiger charge is -2.31. The Kier molecular flexibility index (Phi) is 5.20. The summed E-state index contributed by atoms with van der Waals surface area (Å²) in [5.74, 6) is 0. The summed E-state index contributed by atoms with van der Waals surface area (Å²) in [6.45, 7) is -0.251. The molecule has 0 aromatic heterocycles. The first kappa shape index (κ1) is 19.4. The van der Waals surface area contributed by atoms with E-state index >= 15 is 0 Å². The largest absolute Gasteiger partial charge is 0.511 e. The average Bonchev–Trinajstić information content (AvgIpc) is 3.04. The minimum absolute atomic E-state index is 0.129. The van der Waals surface area contributed by atoms with E-state index in [9.17, 15) is 21.6 Å². The number of nitrogens with zero attached hydrogens (tertiary/aromatic N) is 1. The van der Waals surface area contributed by atoms with Crippen molar-refractivity contribution in [1.29, 1.82) is 0 Å². The summed E-state index contributed by atoms with van der Waals surface area (Å²) in [6.07, 6.45) is 0.265. The molecule has 1 saturated heterocycles. The summed E-state index contributed by atoms with van der Waals surface area (Å²) in [5.41, 5.74) is -4.55. The molecule has 0 saturated carbocycles. The summed E-state index contributed by atoms with van der Waals surface area (Å²) in [6, 6.07) is 17.4. The molecule has 140 valence electrons. The number of benzene rings is 2. The van der Waals surface area contributed by atoms with Crippen molar-refractivity contribution in [3.63, 3.8) is 0 Å². The average molecular weight is 448 g/mol. The van der Waals surface area contributed by atoms with E-state index in [1.165, 1.54) is 0 Å². The highest BCUT2D eigenvalue weighted by molar-refractivity contribution is 9.09. The normalized spacial score (nSPS) is 21.0. The molecule has 1 heterocycles. The standard InChI is InChI=1S/C18H17BrF3NO2S/c19-12-16-11-17(14-7-3-1-4-8-14,15-9-5-2-6-10-15)13-23(16)26(24,25)18(20,21)22/h1-10,16H,11-13H2. The Hall–Kier alpha value is -1.38. The molecule has 0 bridgehead atoms. The molecule has 26 heavy (non-hydrogen) atoms. The predicted molar refractivity (Wildman–Crippen MR) is 97.5 cm³/mol. The molecule has 8 heteroatoms. The molecule has 0 spiro atoms. The van der Waals surface area contributed by atoms with Crippen molar-refractivity contribution in [3.8, 4) is 0 Å². The number of hydrogen-bond donors (Lipinski definition) is 0. The van der Waals surface area contributed by atoms with Gasteiger partial charge in [0.1, 0.15) is 0 Å². The van der Waals surface area contributed by atoms with Crippen molar-refractivity contribution < 1.29 is 21.6 Å². The zero-order valence-electron chi connectivity index (χ0n) is 13.7. The van der Waals surface area contributed by atoms with Crippen LogP contribution >= 0.6 is 15.9 Å². The van der Waals surface area contributed by atoms with Crippen LogP contribution < -0.4 is 0 Å². The van der Waals surface area contributed by atoms with Crippen LogP contribution in [0, 0.1) is 0 Å². The van der Waals surface area contributed by atoms with E-state index < -0.39 is 27.0 Å². The molecule has 1 fully saturated rings. The number of alkyl halides is 4. The lowest BCUT2D eigenvalue weighted by Crippen LogP contribution is -2.45. The van der Waals surface area contributed by atoms with Crippen molar-refractivity contribution in [2.75, 3.05) is 11.9 Å². The van der Waals surface area contributed by atoms with Crippen molar-refractivity contribution in [2.45, 2.75) is 23.4 Å². The molecule has 0 N–H and O–H groups in total. The van der Waals surface area contributed by atoms with Gasteiger partial charge in [0, 0.05) is 23.3 Å². The first-order valence-electron chi connectivity index (χ1n) is 7.97. The summed E-state index contributed by atoms with van der Waals surface area (Å²) in [7, 11) is -5.42. The second-order valence-electron chi connectivity index (χ2n) is 6.32. The van der Waals surface area contributed by atoms with E-state index in [1.807, 2.05) is 60.7 Å². The fraction of sp³-hybridized carbons (Fsp3) is 0.333. The maximum Gasteiger partial charge on any atom is 0.511 e. The maximum absolute atomic E-state index is 13.2. The third-order valence-electron chi connectivity index (χ3n) is 4.85. The summed E-state index contributed by atoms with van der Waals surface area (Å²) in [4.78, 5) is 0. The van der Waals surface area contributed by atoms with Gasteiger partial charge in [-0.25, -0.2) is 8.42 Å². The summed E-state index contributed by atoms with van der Waals surface area (Å²) >= 11 is 3.20. The molecule has 0 radical (unpaired) electrons. The Morgan fingerprint density at radius 2 is 1.46 bits per heavy atom. The van der Waals surface area contributed by atoms with E-state index in [1.54, 1.807) is 0 Å². The first-order chi connectivity index (χ1) is 12.2. The molecule has 2 aromatic carbocycles. The second kappa shape index (κ2) is 6.98. The van der Waals surface area contributed by atoms with Crippen molar-refractivity contribution in [1.82, 2.24) is 4.31 Å². The number of hydrogen-bond acceptors (Lipinski definition) is 2. The number of halogens is 4. The fourth-order valence-corrected chi connectivity index (χ4v) is 5.58. The van der Waals surface area contributed by atoms with Crippen LogP contribution in [0.2, 0.25) is 0 Å². The number of rotatable bonds is 4. The van der Waals surface area contributed by atoms with Gasteiger partial charge in [-0.3, -0.25) is 0 Å². The van der Waals surface area contributed by atoms with Gasteiger partial charge >= 0.3 is 15.5 Å². The quantitative estimate of drug-likeness (QED) is 0.655. The van der Waals surface area contributed by atoms with Crippen molar-refractivity contribution in [2.24, 2.45) is 0 Å². The lowest BCUT2D eigenvalue weighted by atomic mass is 9.73. The maximum atomic E-state index is 13.2. The van der Waals surface area contributed by atoms with Gasteiger partial charge in [-0.2, -0.15) is 17.5 Å². The van der Waals surface area contributed by atoms with Crippen LogP contribution in [0.15, 0.2) is 60.7 Å². The van der Waals surface area contributed by atoms with E-state index in [-0.39, 0.29) is 18.3 Å². The lowest BCUT2D eigenvalue weighted by molar-refractivity contribution is -0.0491. The third kappa shape index (κ3) is 3.18. The van der Waals surface area contributed by atoms with Crippen LogP contribution in [0.5, 0.6) is 0 Å². The molecule has 0 amide bonds. The van der Waals surface area contributed by atoms with Gasteiger partial charge in [0.15, 0.2) is 0 Å². The topological polar surface area (TPSA) is 37.4 Å². The molecule has 2 aromatic rings. The van der Waals surface area contributed by atoms with Crippen LogP contribution in [0.3, 0.4) is 0 Å². The Labute approximate surface area is 159 Å². The van der Waals surface area contributed by atoms with Crippen LogP contribution in [0.1, 0.15) is 17.5 Å². The molecule has 1 unspecified atom stereocenters. The minimum Gasteiger partial charge on any atom is -0.203 e. The van der Waals surface area contributed by atoms with Crippen molar-refractivity contribution >= 4 is 26.0 Å². The SMILES string of the molecule is O=S(=O)(N1CC(c2ccccc2)(c2ccccc2)CC1CBr)C(F)(F)F. The van der Waals surface area contributed by atoms with E-state index in [4.69, 9.17) is 0 Å². The van der Waals surface area contributed by atoms with Crippen LogP contribution in [-0.2, 0) is 15.4 Å². The smallest absolute Gasteiger partial charge is 0.203 e. The van der Waals surface area contributed by atoms with Gasteiger partial charge in [0.2, 0.25) is 0 Å². The monoisotopic (exact) mass is 447 g/mol. The minimum atomic E-state index is -5.42. The number of sulfonamides is 1. The van der Waals surface area contributed by atoms with Crippen LogP contribution in [0.25, 0.3) is 0 Å². The van der Waals surface area contributed by atoms with Gasteiger partial charge in [0.05, 0.1) is 0 Å². The summed E-state index contributed by atoms with van der Waals surface area (Å²) in [5, 5.41) is 0.129. The predicted octanol–water partition coefficient (Wildman–Crippen LogP) is 4.29. The molecule has 1 aliphatic heterocycles. The zero-order valence-corrected chi connectivity index (χ0v) is 16.1. The van der Waals surface area contributed by atoms with Crippen LogP contribution in [0.4, 0.5) is 13.2 Å². The summed E-state index contributed by atoms with van der Waals surface area (Å²) < 4.78 is 64.5. The molecule has 3 rings (SSSR count). The second-order valence-corrected chi connectivity index (χ2v) is 8.85. The van der Waals surface area contributed by atoms with E-state index in [0.29, 0.717) is 4.31 Å². The van der Waals surface area contributed by atoms with Gasteiger partial charge in [0.25, 0.3) is 0 Å². The highest BCUT2D eigenvalue weighted by Gasteiger charge is 2.58. The molecule has 1 atom stereocenters. The molecule has 1 aliphatic rings. The van der Waals surface area contributed by atoms with Gasteiger partial charge < -0.3 is 0 Å². The highest BCUT2D eigenvalue weighted by atomic mass is 79.9.